The van der Waals surface area contributed by atoms with E-state index in [9.17, 15) is 4.79 Å². The number of nitrogens with zero attached hydrogens (tertiary/aromatic N) is 2. The van der Waals surface area contributed by atoms with E-state index in [2.05, 4.69) is 10.1 Å². The minimum Gasteiger partial charge on any atom is -0.485 e. The van der Waals surface area contributed by atoms with Crippen molar-refractivity contribution in [1.82, 2.24) is 10.1 Å². The van der Waals surface area contributed by atoms with E-state index < -0.39 is 0 Å². The van der Waals surface area contributed by atoms with Crippen LogP contribution in [0.3, 0.4) is 0 Å². The molecular formula is C22H15ClN2O3. The highest BCUT2D eigenvalue weighted by Crippen LogP contribution is 2.25. The summed E-state index contributed by atoms with van der Waals surface area (Å²) in [5, 5.41) is 4.66. The molecule has 28 heavy (non-hydrogen) atoms. The highest BCUT2D eigenvalue weighted by Gasteiger charge is 2.12. The number of ketones is 1. The minimum absolute atomic E-state index is 0.0459. The number of rotatable bonds is 6. The van der Waals surface area contributed by atoms with Crippen LogP contribution in [0.4, 0.5) is 0 Å². The Kier molecular flexibility index (Phi) is 5.17. The van der Waals surface area contributed by atoms with Gasteiger partial charge in [-0.2, -0.15) is 4.98 Å². The van der Waals surface area contributed by atoms with E-state index >= 15 is 0 Å². The molecule has 0 saturated heterocycles. The number of hydrogen-bond acceptors (Lipinski definition) is 5. The molecule has 0 aliphatic rings. The molecule has 0 spiro atoms. The summed E-state index contributed by atoms with van der Waals surface area (Å²) in [5.41, 5.74) is 2.13. The van der Waals surface area contributed by atoms with Gasteiger partial charge < -0.3 is 9.26 Å². The van der Waals surface area contributed by atoms with Crippen molar-refractivity contribution in [3.63, 3.8) is 0 Å². The van der Waals surface area contributed by atoms with E-state index in [1.165, 1.54) is 0 Å². The monoisotopic (exact) mass is 390 g/mol. The van der Waals surface area contributed by atoms with Crippen LogP contribution in [0.5, 0.6) is 5.75 Å². The maximum absolute atomic E-state index is 12.2. The van der Waals surface area contributed by atoms with Crippen LogP contribution in [-0.4, -0.2) is 22.5 Å². The number of carbonyl (C=O) groups excluding carboxylic acids is 1. The zero-order valence-electron chi connectivity index (χ0n) is 14.7. The summed E-state index contributed by atoms with van der Waals surface area (Å²) in [7, 11) is 0. The molecule has 0 aliphatic heterocycles. The van der Waals surface area contributed by atoms with E-state index in [1.807, 2.05) is 42.5 Å². The van der Waals surface area contributed by atoms with Crippen LogP contribution in [0.2, 0.25) is 5.02 Å². The second-order valence-electron chi connectivity index (χ2n) is 6.04. The summed E-state index contributed by atoms with van der Waals surface area (Å²) < 4.78 is 11.0. The van der Waals surface area contributed by atoms with Crippen LogP contribution in [0.15, 0.2) is 83.4 Å². The lowest BCUT2D eigenvalue weighted by Gasteiger charge is -2.06. The van der Waals surface area contributed by atoms with E-state index in [0.29, 0.717) is 28.1 Å². The third-order valence-corrected chi connectivity index (χ3v) is 4.33. The molecule has 0 atom stereocenters. The Morgan fingerprint density at radius 3 is 2.50 bits per heavy atom. The summed E-state index contributed by atoms with van der Waals surface area (Å²) in [6, 6.07) is 23.4. The van der Waals surface area contributed by atoms with Crippen molar-refractivity contribution >= 4 is 17.4 Å². The van der Waals surface area contributed by atoms with Crippen molar-refractivity contribution in [2.24, 2.45) is 0 Å². The largest absolute Gasteiger partial charge is 0.485 e. The zero-order chi connectivity index (χ0) is 19.3. The van der Waals surface area contributed by atoms with Gasteiger partial charge in [-0.1, -0.05) is 59.2 Å². The predicted molar refractivity (Wildman–Crippen MR) is 106 cm³/mol. The lowest BCUT2D eigenvalue weighted by atomic mass is 10.1. The van der Waals surface area contributed by atoms with Crippen LogP contribution in [0, 0.1) is 0 Å². The minimum atomic E-state index is -0.0874. The van der Waals surface area contributed by atoms with E-state index in [4.69, 9.17) is 20.9 Å². The number of benzene rings is 3. The molecule has 1 heterocycles. The summed E-state index contributed by atoms with van der Waals surface area (Å²) in [6.45, 7) is -0.0459. The number of Topliss-reactive ketones (excluding diaryl/α,β-unsaturated/α-hetero) is 1. The first-order valence-electron chi connectivity index (χ1n) is 8.60. The van der Waals surface area contributed by atoms with Gasteiger partial charge in [-0.05, 0) is 36.4 Å². The Labute approximate surface area is 166 Å². The Balaban J connectivity index is 1.48. The van der Waals surface area contributed by atoms with Crippen molar-refractivity contribution in [3.05, 3.63) is 89.4 Å². The molecule has 4 rings (SSSR count). The second-order valence-corrected chi connectivity index (χ2v) is 6.47. The molecule has 138 valence electrons. The first-order valence-corrected chi connectivity index (χ1v) is 8.98. The SMILES string of the molecule is O=C(COc1cccc(-c2noc(-c3ccc(Cl)cc3)n2)c1)c1ccccc1. The number of aromatic nitrogens is 2. The summed E-state index contributed by atoms with van der Waals surface area (Å²) in [4.78, 5) is 16.6. The van der Waals surface area contributed by atoms with Gasteiger partial charge >= 0.3 is 0 Å². The molecule has 4 aromatic rings. The van der Waals surface area contributed by atoms with Crippen LogP contribution < -0.4 is 4.74 Å². The smallest absolute Gasteiger partial charge is 0.258 e. The topological polar surface area (TPSA) is 65.2 Å². The zero-order valence-corrected chi connectivity index (χ0v) is 15.5. The molecule has 0 bridgehead atoms. The molecular weight excluding hydrogens is 376 g/mol. The van der Waals surface area contributed by atoms with Crippen LogP contribution in [0.25, 0.3) is 22.8 Å². The maximum Gasteiger partial charge on any atom is 0.258 e. The van der Waals surface area contributed by atoms with Gasteiger partial charge in [-0.3, -0.25) is 4.79 Å². The lowest BCUT2D eigenvalue weighted by molar-refractivity contribution is 0.0921. The number of hydrogen-bond donors (Lipinski definition) is 0. The summed E-state index contributed by atoms with van der Waals surface area (Å²) in [6.07, 6.45) is 0. The Hall–Kier alpha value is -3.44. The maximum atomic E-state index is 12.2. The number of halogens is 1. The Bertz CT molecular complexity index is 1090. The molecule has 0 unspecified atom stereocenters. The Morgan fingerprint density at radius 1 is 0.929 bits per heavy atom. The van der Waals surface area contributed by atoms with Crippen LogP contribution >= 0.6 is 11.6 Å². The molecule has 0 fully saturated rings. The van der Waals surface area contributed by atoms with Gasteiger partial charge in [0.1, 0.15) is 5.75 Å². The molecule has 0 N–H and O–H groups in total. The number of carbonyl (C=O) groups is 1. The molecule has 0 amide bonds. The van der Waals surface area contributed by atoms with Gasteiger partial charge in [-0.15, -0.1) is 0 Å². The molecule has 0 saturated carbocycles. The molecule has 6 heteroatoms. The van der Waals surface area contributed by atoms with Crippen molar-refractivity contribution in [2.45, 2.75) is 0 Å². The quantitative estimate of drug-likeness (QED) is 0.417. The fourth-order valence-corrected chi connectivity index (χ4v) is 2.76. The normalized spacial score (nSPS) is 10.6. The van der Waals surface area contributed by atoms with Gasteiger partial charge in [0.15, 0.2) is 12.4 Å². The Morgan fingerprint density at radius 2 is 1.71 bits per heavy atom. The standard InChI is InChI=1S/C22H15ClN2O3/c23-18-11-9-16(10-12-18)22-24-21(25-28-22)17-7-4-8-19(13-17)27-14-20(26)15-5-2-1-3-6-15/h1-13H,14H2. The average molecular weight is 391 g/mol. The second kappa shape index (κ2) is 8.06. The molecule has 3 aromatic carbocycles. The van der Waals surface area contributed by atoms with Crippen molar-refractivity contribution in [1.29, 1.82) is 0 Å². The fraction of sp³-hybridized carbons (Fsp3) is 0.0455. The average Bonchev–Trinajstić information content (AvgIpc) is 3.24. The summed E-state index contributed by atoms with van der Waals surface area (Å²) >= 11 is 5.90. The van der Waals surface area contributed by atoms with E-state index in [1.54, 1.807) is 36.4 Å². The highest BCUT2D eigenvalue weighted by molar-refractivity contribution is 6.30. The lowest BCUT2D eigenvalue weighted by Crippen LogP contribution is -2.11. The third-order valence-electron chi connectivity index (χ3n) is 4.08. The molecule has 1 aromatic heterocycles. The van der Waals surface area contributed by atoms with Crippen LogP contribution in [0.1, 0.15) is 10.4 Å². The van der Waals surface area contributed by atoms with E-state index in [0.717, 1.165) is 11.1 Å². The molecule has 5 nitrogen and oxygen atoms in total. The van der Waals surface area contributed by atoms with Crippen molar-refractivity contribution in [2.75, 3.05) is 6.61 Å². The van der Waals surface area contributed by atoms with Gasteiger partial charge in [0.2, 0.25) is 5.82 Å². The van der Waals surface area contributed by atoms with Crippen molar-refractivity contribution < 1.29 is 14.1 Å². The predicted octanol–water partition coefficient (Wildman–Crippen LogP) is 5.32. The van der Waals surface area contributed by atoms with Gasteiger partial charge in [0.25, 0.3) is 5.89 Å². The molecule has 0 radical (unpaired) electrons. The first-order chi connectivity index (χ1) is 13.7. The highest BCUT2D eigenvalue weighted by atomic mass is 35.5. The van der Waals surface area contributed by atoms with Crippen LogP contribution in [-0.2, 0) is 0 Å². The fourth-order valence-electron chi connectivity index (χ4n) is 2.63. The van der Waals surface area contributed by atoms with E-state index in [-0.39, 0.29) is 12.4 Å². The first kappa shape index (κ1) is 17.9. The van der Waals surface area contributed by atoms with Gasteiger partial charge in [0, 0.05) is 21.7 Å². The van der Waals surface area contributed by atoms with Crippen molar-refractivity contribution in [3.8, 4) is 28.6 Å². The summed E-state index contributed by atoms with van der Waals surface area (Å²) in [5.74, 6) is 1.30. The van der Waals surface area contributed by atoms with Gasteiger partial charge in [0.05, 0.1) is 0 Å². The van der Waals surface area contributed by atoms with Gasteiger partial charge in [-0.25, -0.2) is 0 Å². The number of ether oxygens (including phenoxy) is 1. The molecule has 0 aliphatic carbocycles. The third kappa shape index (κ3) is 4.10.